The lowest BCUT2D eigenvalue weighted by molar-refractivity contribution is -0.129. The summed E-state index contributed by atoms with van der Waals surface area (Å²) >= 11 is 4.02. The number of hydrogen-bond donors (Lipinski definition) is 13. The number of carbonyl (C=O) groups is 5. The minimum Gasteiger partial charge on any atom is -0.508 e. The van der Waals surface area contributed by atoms with Crippen LogP contribution in [-0.4, -0.2) is 136 Å². The van der Waals surface area contributed by atoms with Gasteiger partial charge in [-0.3, -0.25) is 29.3 Å². The Kier molecular flexibility index (Phi) is 20.0. The molecule has 2 aliphatic rings. The molecule has 0 aromatic heterocycles. The first-order chi connectivity index (χ1) is 25.9. The summed E-state index contributed by atoms with van der Waals surface area (Å²) in [5.41, 5.74) is 5.13. The van der Waals surface area contributed by atoms with Crippen molar-refractivity contribution in [2.45, 2.75) is 81.6 Å². The number of amides is 5. The Balaban J connectivity index is 1.50. The molecule has 13 N–H and O–H groups in total. The lowest BCUT2D eigenvalue weighted by Gasteiger charge is -2.39. The number of hydrogen-bond acceptors (Lipinski definition) is 13. The number of rotatable bonds is 18. The maximum atomic E-state index is 13.3. The molecule has 0 aliphatic carbocycles. The number of carbonyl (C=O) groups excluding carboxylic acids is 5. The standard InChI is InChI=1S/C36H63N11O6S/c1-35-22-38-14-16-40-24-36(44-19-18-43-35,25-41-17-15-39-23-35)47-32(51)8-5-7-31(50)45-28(20-26-9-11-27(48)12-10-26)34(53)42-13-4-2-3-6-30(49)46-29(21-54)33(37)52/h9-12,28-29,38-41,43-44,48,54H,2-8,13-25H2,1H3,(H2,37,52)(H,42,53)(H,45,50)(H,46,49)(H,47,51)/t28-,29?,35-,36-/m0/s1. The Hall–Kier alpha value is -3.52. The van der Waals surface area contributed by atoms with Crippen molar-refractivity contribution in [1.82, 2.24) is 53.2 Å². The van der Waals surface area contributed by atoms with Crippen LogP contribution in [-0.2, 0) is 30.4 Å². The van der Waals surface area contributed by atoms with E-state index in [1.54, 1.807) is 12.1 Å². The molecular weight excluding hydrogens is 715 g/mol. The van der Waals surface area contributed by atoms with Crippen LogP contribution in [0.25, 0.3) is 0 Å². The topological polar surface area (TPSA) is 252 Å². The number of primary amides is 1. The molecule has 54 heavy (non-hydrogen) atoms. The van der Waals surface area contributed by atoms with E-state index < -0.39 is 23.7 Å². The van der Waals surface area contributed by atoms with E-state index in [1.165, 1.54) is 12.1 Å². The summed E-state index contributed by atoms with van der Waals surface area (Å²) in [6, 6.07) is 4.74. The molecule has 2 aliphatic heterocycles. The van der Waals surface area contributed by atoms with Crippen LogP contribution in [0.15, 0.2) is 24.3 Å². The average molecular weight is 778 g/mol. The van der Waals surface area contributed by atoms with Gasteiger partial charge < -0.3 is 58.7 Å². The fraction of sp³-hybridized carbons (Fsp3) is 0.694. The number of nitrogens with one attached hydrogen (secondary N) is 10. The van der Waals surface area contributed by atoms with Crippen LogP contribution in [0.2, 0.25) is 0 Å². The van der Waals surface area contributed by atoms with Crippen molar-refractivity contribution in [3.63, 3.8) is 0 Å². The third-order valence-corrected chi connectivity index (χ3v) is 9.80. The van der Waals surface area contributed by atoms with Gasteiger partial charge in [-0.25, -0.2) is 0 Å². The van der Waals surface area contributed by atoms with Crippen molar-refractivity contribution in [1.29, 1.82) is 0 Å². The highest BCUT2D eigenvalue weighted by Gasteiger charge is 2.32. The highest BCUT2D eigenvalue weighted by Crippen LogP contribution is 2.12. The molecule has 2 heterocycles. The lowest BCUT2D eigenvalue weighted by Crippen LogP contribution is -2.70. The molecule has 1 aromatic rings. The number of nitrogens with two attached hydrogens (primary N) is 1. The lowest BCUT2D eigenvalue weighted by atomic mass is 10.0. The predicted molar refractivity (Wildman–Crippen MR) is 211 cm³/mol. The molecule has 0 saturated carbocycles. The van der Waals surface area contributed by atoms with E-state index in [0.29, 0.717) is 52.0 Å². The molecule has 3 rings (SSSR count). The maximum absolute atomic E-state index is 13.3. The Bertz CT molecular complexity index is 1320. The number of aromatic hydroxyl groups is 1. The van der Waals surface area contributed by atoms with Crippen LogP contribution in [0, 0.1) is 0 Å². The minimum atomic E-state index is -0.874. The zero-order chi connectivity index (χ0) is 39.2. The smallest absolute Gasteiger partial charge is 0.242 e. The molecule has 1 unspecified atom stereocenters. The van der Waals surface area contributed by atoms with E-state index in [9.17, 15) is 29.1 Å². The predicted octanol–water partition coefficient (Wildman–Crippen LogP) is -2.70. The molecule has 2 saturated heterocycles. The maximum Gasteiger partial charge on any atom is 0.242 e. The summed E-state index contributed by atoms with van der Waals surface area (Å²) in [7, 11) is 0. The number of benzene rings is 1. The molecule has 1 aromatic carbocycles. The summed E-state index contributed by atoms with van der Waals surface area (Å²) < 4.78 is 0. The molecule has 2 fully saturated rings. The van der Waals surface area contributed by atoms with Crippen molar-refractivity contribution in [2.75, 3.05) is 77.7 Å². The number of unbranched alkanes of at least 4 members (excludes halogenated alkanes) is 2. The quantitative estimate of drug-likeness (QED) is 0.0538. The number of thiol groups is 1. The van der Waals surface area contributed by atoms with E-state index in [4.69, 9.17) is 5.73 Å². The van der Waals surface area contributed by atoms with Crippen LogP contribution in [0.1, 0.15) is 57.4 Å². The summed E-state index contributed by atoms with van der Waals surface area (Å²) in [5, 5.41) is 42.4. The summed E-state index contributed by atoms with van der Waals surface area (Å²) in [4.78, 5) is 63.1. The summed E-state index contributed by atoms with van der Waals surface area (Å²) in [6.45, 7) is 9.60. The molecule has 0 spiro atoms. The van der Waals surface area contributed by atoms with Crippen molar-refractivity contribution >= 4 is 42.2 Å². The van der Waals surface area contributed by atoms with Gasteiger partial charge in [0.25, 0.3) is 0 Å². The van der Waals surface area contributed by atoms with E-state index in [-0.39, 0.29) is 72.8 Å². The van der Waals surface area contributed by atoms with Gasteiger partial charge in [-0.05, 0) is 43.9 Å². The fourth-order valence-corrected chi connectivity index (χ4v) is 6.61. The highest BCUT2D eigenvalue weighted by atomic mass is 32.1. The van der Waals surface area contributed by atoms with E-state index in [2.05, 4.69) is 72.7 Å². The van der Waals surface area contributed by atoms with E-state index >= 15 is 0 Å². The molecule has 2 bridgehead atoms. The van der Waals surface area contributed by atoms with Gasteiger partial charge in [-0.2, -0.15) is 12.6 Å². The molecule has 17 nitrogen and oxygen atoms in total. The second-order valence-corrected chi connectivity index (χ2v) is 14.8. The fourth-order valence-electron chi connectivity index (χ4n) is 6.34. The van der Waals surface area contributed by atoms with Gasteiger partial charge in [0.1, 0.15) is 23.5 Å². The van der Waals surface area contributed by atoms with Gasteiger partial charge in [0.05, 0.1) is 0 Å². The van der Waals surface area contributed by atoms with Crippen LogP contribution in [0.3, 0.4) is 0 Å². The molecular formula is C36H63N11O6S. The van der Waals surface area contributed by atoms with Crippen LogP contribution in [0.4, 0.5) is 0 Å². The Morgan fingerprint density at radius 2 is 1.30 bits per heavy atom. The van der Waals surface area contributed by atoms with Gasteiger partial charge in [-0.15, -0.1) is 0 Å². The first kappa shape index (κ1) is 44.9. The average Bonchev–Trinajstić information content (AvgIpc) is 3.13. The minimum absolute atomic E-state index is 0.0510. The molecule has 0 radical (unpaired) electrons. The molecule has 5 amide bonds. The normalized spacial score (nSPS) is 22.3. The van der Waals surface area contributed by atoms with Gasteiger partial charge in [0.15, 0.2) is 0 Å². The van der Waals surface area contributed by atoms with E-state index in [0.717, 1.165) is 44.8 Å². The first-order valence-electron chi connectivity index (χ1n) is 19.1. The van der Waals surface area contributed by atoms with Crippen molar-refractivity contribution < 1.29 is 29.1 Å². The third-order valence-electron chi connectivity index (χ3n) is 9.44. The second-order valence-electron chi connectivity index (χ2n) is 14.4. The molecule has 2 atom stereocenters. The van der Waals surface area contributed by atoms with Gasteiger partial charge in [0.2, 0.25) is 29.5 Å². The zero-order valence-corrected chi connectivity index (χ0v) is 32.5. The van der Waals surface area contributed by atoms with Crippen molar-refractivity contribution in [2.24, 2.45) is 5.73 Å². The van der Waals surface area contributed by atoms with Crippen LogP contribution >= 0.6 is 12.6 Å². The van der Waals surface area contributed by atoms with Crippen molar-refractivity contribution in [3.05, 3.63) is 29.8 Å². The number of fused-ring (bicyclic) bond motifs is 5. The first-order valence-corrected chi connectivity index (χ1v) is 19.7. The van der Waals surface area contributed by atoms with Gasteiger partial charge in [-0.1, -0.05) is 18.6 Å². The summed E-state index contributed by atoms with van der Waals surface area (Å²) in [5.74, 6) is -1.62. The van der Waals surface area contributed by atoms with Gasteiger partial charge >= 0.3 is 0 Å². The Morgan fingerprint density at radius 3 is 1.91 bits per heavy atom. The van der Waals surface area contributed by atoms with E-state index in [1.807, 2.05) is 0 Å². The van der Waals surface area contributed by atoms with Gasteiger partial charge in [0, 0.05) is 109 Å². The Morgan fingerprint density at radius 1 is 0.741 bits per heavy atom. The molecule has 18 heteroatoms. The summed E-state index contributed by atoms with van der Waals surface area (Å²) in [6.07, 6.45) is 2.69. The van der Waals surface area contributed by atoms with Crippen molar-refractivity contribution in [3.8, 4) is 5.75 Å². The second kappa shape index (κ2) is 24.1. The number of phenols is 1. The number of phenolic OH excluding ortho intramolecular Hbond substituents is 1. The highest BCUT2D eigenvalue weighted by molar-refractivity contribution is 7.80. The monoisotopic (exact) mass is 777 g/mol. The Labute approximate surface area is 324 Å². The third kappa shape index (κ3) is 17.3. The van der Waals surface area contributed by atoms with Crippen LogP contribution < -0.4 is 58.9 Å². The van der Waals surface area contributed by atoms with Crippen LogP contribution in [0.5, 0.6) is 5.75 Å². The largest absolute Gasteiger partial charge is 0.508 e. The SMILES string of the molecule is C[C@]12CNCCNC[C@](NC(=O)CCCC(=O)N[C@@H](Cc3ccc(O)cc3)C(=O)NCCCCCC(=O)NC(CS)C(N)=O)(CNCCNC1)NCCN2. The molecule has 304 valence electrons. The zero-order valence-electron chi connectivity index (χ0n) is 31.6.